The Bertz CT molecular complexity index is 782. The standard InChI is InChI=1S/C16H20N4O4.CH2O2/c21-15(22)8-19-4-11-5-20(13(7-19)10-23-9-11)6-12-2-1-3-14-16(12)18-24-17-14;2-1-3/h1-3,11,13H,4-10H2,(H,21,22);1H,(H,2,3)/t11-,13-;/m0./s1. The molecule has 2 aliphatic heterocycles. The molecule has 10 heteroatoms. The zero-order valence-corrected chi connectivity index (χ0v) is 14.7. The minimum Gasteiger partial charge on any atom is -0.483 e. The first-order chi connectivity index (χ1) is 13.1. The van der Waals surface area contributed by atoms with E-state index in [1.807, 2.05) is 23.1 Å². The predicted molar refractivity (Wildman–Crippen MR) is 93.1 cm³/mol. The molecule has 2 N–H and O–H groups in total. The highest BCUT2D eigenvalue weighted by Crippen LogP contribution is 2.24. The third-order valence-corrected chi connectivity index (χ3v) is 4.76. The second-order valence-corrected chi connectivity index (χ2v) is 6.73. The van der Waals surface area contributed by atoms with Crippen molar-refractivity contribution in [3.63, 3.8) is 0 Å². The van der Waals surface area contributed by atoms with Crippen LogP contribution in [0.2, 0.25) is 0 Å². The minimum atomic E-state index is -0.777. The Balaban J connectivity index is 0.000000659. The van der Waals surface area contributed by atoms with Crippen molar-refractivity contribution in [3.05, 3.63) is 23.8 Å². The van der Waals surface area contributed by atoms with E-state index in [0.29, 0.717) is 25.7 Å². The molecular formula is C17H22N4O6. The summed E-state index contributed by atoms with van der Waals surface area (Å²) in [5.41, 5.74) is 2.62. The molecule has 27 heavy (non-hydrogen) atoms. The molecule has 4 rings (SSSR count). The number of carboxylic acid groups (broad SMARTS) is 2. The van der Waals surface area contributed by atoms with Crippen LogP contribution in [0.15, 0.2) is 22.8 Å². The summed E-state index contributed by atoms with van der Waals surface area (Å²) in [6.45, 7) is 4.23. The summed E-state index contributed by atoms with van der Waals surface area (Å²) in [7, 11) is 0. The Morgan fingerprint density at radius 3 is 2.85 bits per heavy atom. The minimum absolute atomic E-state index is 0.0869. The van der Waals surface area contributed by atoms with E-state index in [9.17, 15) is 4.79 Å². The zero-order valence-electron chi connectivity index (χ0n) is 14.7. The number of rotatable bonds is 4. The van der Waals surface area contributed by atoms with Crippen LogP contribution < -0.4 is 0 Å². The number of aromatic nitrogens is 2. The van der Waals surface area contributed by atoms with Crippen molar-refractivity contribution in [2.45, 2.75) is 12.6 Å². The second-order valence-electron chi connectivity index (χ2n) is 6.73. The number of carbonyl (C=O) groups is 2. The van der Waals surface area contributed by atoms with Gasteiger partial charge in [0.05, 0.1) is 19.8 Å². The first kappa shape index (κ1) is 19.2. The van der Waals surface area contributed by atoms with Crippen LogP contribution in [0.5, 0.6) is 0 Å². The fourth-order valence-electron chi connectivity index (χ4n) is 3.75. The summed E-state index contributed by atoms with van der Waals surface area (Å²) in [6, 6.07) is 6.05. The quantitative estimate of drug-likeness (QED) is 0.709. The van der Waals surface area contributed by atoms with E-state index >= 15 is 0 Å². The molecule has 2 aromatic rings. The van der Waals surface area contributed by atoms with Gasteiger partial charge in [0, 0.05) is 38.1 Å². The topological polar surface area (TPSA) is 129 Å². The van der Waals surface area contributed by atoms with Crippen LogP contribution >= 0.6 is 0 Å². The summed E-state index contributed by atoms with van der Waals surface area (Å²) < 4.78 is 10.6. The van der Waals surface area contributed by atoms with Crippen LogP contribution in [-0.2, 0) is 20.9 Å². The van der Waals surface area contributed by atoms with Crippen LogP contribution in [0.4, 0.5) is 0 Å². The zero-order chi connectivity index (χ0) is 19.2. The predicted octanol–water partition coefficient (Wildman–Crippen LogP) is 0.141. The molecule has 0 amide bonds. The lowest BCUT2D eigenvalue weighted by molar-refractivity contribution is -0.138. The van der Waals surface area contributed by atoms with Crippen molar-refractivity contribution in [1.82, 2.24) is 20.1 Å². The molecule has 0 radical (unpaired) electrons. The maximum atomic E-state index is 11.1. The van der Waals surface area contributed by atoms with Crippen LogP contribution in [-0.4, -0.2) is 88.2 Å². The van der Waals surface area contributed by atoms with Crippen molar-refractivity contribution in [3.8, 4) is 0 Å². The third-order valence-electron chi connectivity index (χ3n) is 4.76. The molecule has 0 saturated carbocycles. The van der Waals surface area contributed by atoms with Gasteiger partial charge in [0.2, 0.25) is 0 Å². The fourth-order valence-corrected chi connectivity index (χ4v) is 3.75. The molecule has 2 saturated heterocycles. The molecule has 2 fully saturated rings. The van der Waals surface area contributed by atoms with Crippen LogP contribution in [0.1, 0.15) is 5.56 Å². The number of fused-ring (bicyclic) bond motifs is 4. The summed E-state index contributed by atoms with van der Waals surface area (Å²) >= 11 is 0. The number of hydrogen-bond donors (Lipinski definition) is 2. The maximum absolute atomic E-state index is 11.1. The highest BCUT2D eigenvalue weighted by molar-refractivity contribution is 5.76. The number of ether oxygens (including phenoxy) is 1. The van der Waals surface area contributed by atoms with E-state index in [0.717, 1.165) is 36.2 Å². The first-order valence-corrected chi connectivity index (χ1v) is 8.64. The summed E-state index contributed by atoms with van der Waals surface area (Å²) in [6.07, 6.45) is 0. The molecule has 10 nitrogen and oxygen atoms in total. The summed E-state index contributed by atoms with van der Waals surface area (Å²) in [5, 5.41) is 23.9. The van der Waals surface area contributed by atoms with Gasteiger partial charge in [-0.15, -0.1) is 0 Å². The SMILES string of the molecule is O=C(O)CN1C[C@@H]2COC[C@H](C1)N(Cc1cccc3nonc13)C2.O=CO. The largest absolute Gasteiger partial charge is 0.483 e. The summed E-state index contributed by atoms with van der Waals surface area (Å²) in [5.74, 6) is -0.465. The average molecular weight is 378 g/mol. The molecule has 146 valence electrons. The van der Waals surface area contributed by atoms with E-state index in [2.05, 4.69) is 15.2 Å². The lowest BCUT2D eigenvalue weighted by Crippen LogP contribution is -2.44. The highest BCUT2D eigenvalue weighted by atomic mass is 16.6. The van der Waals surface area contributed by atoms with Gasteiger partial charge in [0.25, 0.3) is 6.47 Å². The van der Waals surface area contributed by atoms with Gasteiger partial charge in [-0.2, -0.15) is 0 Å². The number of aliphatic carboxylic acids is 1. The molecule has 3 heterocycles. The molecular weight excluding hydrogens is 356 g/mol. The van der Waals surface area contributed by atoms with Crippen LogP contribution in [0, 0.1) is 5.92 Å². The Labute approximate surface area is 155 Å². The van der Waals surface area contributed by atoms with Gasteiger partial charge in [0.1, 0.15) is 11.0 Å². The number of nitrogens with zero attached hydrogens (tertiary/aromatic N) is 4. The van der Waals surface area contributed by atoms with Crippen molar-refractivity contribution < 1.29 is 29.2 Å². The summed E-state index contributed by atoms with van der Waals surface area (Å²) in [4.78, 5) is 23.8. The van der Waals surface area contributed by atoms with Crippen molar-refractivity contribution in [2.24, 2.45) is 5.92 Å². The van der Waals surface area contributed by atoms with Gasteiger partial charge in [-0.05, 0) is 21.9 Å². The van der Waals surface area contributed by atoms with Gasteiger partial charge in [0.15, 0.2) is 0 Å². The molecule has 0 aliphatic carbocycles. The molecule has 1 aromatic carbocycles. The van der Waals surface area contributed by atoms with Crippen molar-refractivity contribution in [1.29, 1.82) is 0 Å². The second kappa shape index (κ2) is 8.89. The molecule has 0 spiro atoms. The molecule has 0 unspecified atom stereocenters. The smallest absolute Gasteiger partial charge is 0.317 e. The molecule has 2 bridgehead atoms. The number of carboxylic acids is 1. The number of hydrogen-bond acceptors (Lipinski definition) is 8. The number of benzene rings is 1. The molecule has 2 aliphatic rings. The van der Waals surface area contributed by atoms with E-state index in [-0.39, 0.29) is 19.1 Å². The monoisotopic (exact) mass is 378 g/mol. The van der Waals surface area contributed by atoms with Gasteiger partial charge in [-0.25, -0.2) is 4.63 Å². The van der Waals surface area contributed by atoms with E-state index in [1.54, 1.807) is 0 Å². The van der Waals surface area contributed by atoms with E-state index in [4.69, 9.17) is 24.4 Å². The Hall–Kier alpha value is -2.56. The average Bonchev–Trinajstić information content (AvgIpc) is 2.94. The van der Waals surface area contributed by atoms with E-state index < -0.39 is 5.97 Å². The first-order valence-electron chi connectivity index (χ1n) is 8.64. The molecule has 2 atom stereocenters. The Kier molecular flexibility index (Phi) is 6.32. The molecule has 1 aromatic heterocycles. The van der Waals surface area contributed by atoms with Crippen LogP contribution in [0.3, 0.4) is 0 Å². The highest BCUT2D eigenvalue weighted by Gasteiger charge is 2.34. The van der Waals surface area contributed by atoms with E-state index in [1.165, 1.54) is 0 Å². The van der Waals surface area contributed by atoms with Crippen molar-refractivity contribution >= 4 is 23.5 Å². The maximum Gasteiger partial charge on any atom is 0.317 e. The normalized spacial score (nSPS) is 23.3. The lowest BCUT2D eigenvalue weighted by Gasteiger charge is -2.30. The fraction of sp³-hybridized carbons (Fsp3) is 0.529. The van der Waals surface area contributed by atoms with Crippen molar-refractivity contribution in [2.75, 3.05) is 39.4 Å². The van der Waals surface area contributed by atoms with Crippen LogP contribution in [0.25, 0.3) is 11.0 Å². The Morgan fingerprint density at radius 1 is 1.26 bits per heavy atom. The third kappa shape index (κ3) is 4.79. The van der Waals surface area contributed by atoms with Gasteiger partial charge in [-0.1, -0.05) is 12.1 Å². The van der Waals surface area contributed by atoms with Gasteiger partial charge in [-0.3, -0.25) is 19.4 Å². The lowest BCUT2D eigenvalue weighted by atomic mass is 10.1. The van der Waals surface area contributed by atoms with Gasteiger partial charge < -0.3 is 14.9 Å². The van der Waals surface area contributed by atoms with Gasteiger partial charge >= 0.3 is 5.97 Å². The Morgan fingerprint density at radius 2 is 2.07 bits per heavy atom.